The number of hydrogen-bond donors (Lipinski definition) is 1. The molecule has 4 rings (SSSR count). The lowest BCUT2D eigenvalue weighted by Crippen LogP contribution is -2.15. The van der Waals surface area contributed by atoms with E-state index in [1.165, 1.54) is 28.6 Å². The Morgan fingerprint density at radius 3 is 2.47 bits per heavy atom. The highest BCUT2D eigenvalue weighted by Gasteiger charge is 2.21. The Labute approximate surface area is 180 Å². The second-order valence-electron chi connectivity index (χ2n) is 6.05. The van der Waals surface area contributed by atoms with E-state index in [4.69, 9.17) is 11.6 Å². The SMILES string of the molecule is O=C(Nc1ccc(Cl)cc1)c1nnn(-c2ccc(F)cc2)c1CSc1ncccn1. The first-order valence-corrected chi connectivity index (χ1v) is 10.1. The molecule has 2 heterocycles. The number of halogens is 2. The maximum atomic E-state index is 13.3. The monoisotopic (exact) mass is 440 g/mol. The molecule has 0 radical (unpaired) electrons. The Morgan fingerprint density at radius 1 is 1.07 bits per heavy atom. The smallest absolute Gasteiger partial charge is 0.278 e. The van der Waals surface area contributed by atoms with Crippen LogP contribution in [0.5, 0.6) is 0 Å². The summed E-state index contributed by atoms with van der Waals surface area (Å²) in [5.41, 5.74) is 1.84. The average Bonchev–Trinajstić information content (AvgIpc) is 3.19. The van der Waals surface area contributed by atoms with Crippen LogP contribution < -0.4 is 5.32 Å². The van der Waals surface area contributed by atoms with E-state index >= 15 is 0 Å². The van der Waals surface area contributed by atoms with Crippen molar-refractivity contribution in [3.63, 3.8) is 0 Å². The molecule has 1 N–H and O–H groups in total. The Bertz CT molecular complexity index is 1150. The summed E-state index contributed by atoms with van der Waals surface area (Å²) in [6.45, 7) is 0. The van der Waals surface area contributed by atoms with Gasteiger partial charge in [0.05, 0.1) is 11.4 Å². The van der Waals surface area contributed by atoms with Crippen LogP contribution in [-0.2, 0) is 5.75 Å². The third-order valence-electron chi connectivity index (χ3n) is 4.03. The van der Waals surface area contributed by atoms with E-state index in [0.29, 0.717) is 33.0 Å². The van der Waals surface area contributed by atoms with Crippen LogP contribution in [0.25, 0.3) is 5.69 Å². The molecule has 0 aliphatic carbocycles. The molecule has 0 saturated heterocycles. The number of carbonyl (C=O) groups is 1. The molecule has 0 unspecified atom stereocenters. The molecular formula is C20H14ClFN6OS. The first-order valence-electron chi connectivity index (χ1n) is 8.77. The minimum absolute atomic E-state index is 0.151. The highest BCUT2D eigenvalue weighted by Crippen LogP contribution is 2.24. The van der Waals surface area contributed by atoms with Crippen LogP contribution in [-0.4, -0.2) is 30.9 Å². The number of nitrogens with one attached hydrogen (secondary N) is 1. The van der Waals surface area contributed by atoms with Gasteiger partial charge >= 0.3 is 0 Å². The molecule has 0 fully saturated rings. The van der Waals surface area contributed by atoms with Crippen molar-refractivity contribution in [1.29, 1.82) is 0 Å². The number of thioether (sulfide) groups is 1. The maximum absolute atomic E-state index is 13.3. The van der Waals surface area contributed by atoms with Crippen molar-refractivity contribution in [1.82, 2.24) is 25.0 Å². The van der Waals surface area contributed by atoms with Crippen LogP contribution >= 0.6 is 23.4 Å². The number of rotatable bonds is 6. The van der Waals surface area contributed by atoms with Gasteiger partial charge in [-0.2, -0.15) is 0 Å². The highest BCUT2D eigenvalue weighted by atomic mass is 35.5. The summed E-state index contributed by atoms with van der Waals surface area (Å²) in [5.74, 6) is -0.457. The van der Waals surface area contributed by atoms with Gasteiger partial charge in [0.25, 0.3) is 5.91 Å². The maximum Gasteiger partial charge on any atom is 0.278 e. The van der Waals surface area contributed by atoms with Gasteiger partial charge in [-0.05, 0) is 54.6 Å². The van der Waals surface area contributed by atoms with E-state index in [-0.39, 0.29) is 11.5 Å². The zero-order valence-electron chi connectivity index (χ0n) is 15.4. The summed E-state index contributed by atoms with van der Waals surface area (Å²) in [7, 11) is 0. The van der Waals surface area contributed by atoms with Gasteiger partial charge < -0.3 is 5.32 Å². The minimum atomic E-state index is -0.421. The number of anilines is 1. The van der Waals surface area contributed by atoms with Gasteiger partial charge in [0, 0.05) is 28.9 Å². The molecule has 10 heteroatoms. The van der Waals surface area contributed by atoms with Crippen LogP contribution in [0.4, 0.5) is 10.1 Å². The number of carbonyl (C=O) groups excluding carboxylic acids is 1. The van der Waals surface area contributed by atoms with Gasteiger partial charge in [-0.15, -0.1) is 5.10 Å². The Morgan fingerprint density at radius 2 is 1.77 bits per heavy atom. The predicted octanol–water partition coefficient (Wildman–Crippen LogP) is 4.39. The lowest BCUT2D eigenvalue weighted by molar-refractivity contribution is 0.102. The third-order valence-corrected chi connectivity index (χ3v) is 5.17. The summed E-state index contributed by atoms with van der Waals surface area (Å²) < 4.78 is 14.8. The fraction of sp³-hybridized carbons (Fsp3) is 0.0500. The van der Waals surface area contributed by atoms with E-state index in [9.17, 15) is 9.18 Å². The molecule has 0 saturated carbocycles. The second-order valence-corrected chi connectivity index (χ2v) is 7.43. The quantitative estimate of drug-likeness (QED) is 0.353. The molecule has 0 atom stereocenters. The van der Waals surface area contributed by atoms with Crippen LogP contribution in [0.2, 0.25) is 5.02 Å². The van der Waals surface area contributed by atoms with Crippen LogP contribution in [0, 0.1) is 5.82 Å². The first kappa shape index (κ1) is 20.0. The number of nitrogens with zero attached hydrogens (tertiary/aromatic N) is 5. The zero-order valence-corrected chi connectivity index (χ0v) is 16.9. The van der Waals surface area contributed by atoms with E-state index in [2.05, 4.69) is 25.6 Å². The number of benzene rings is 2. The number of amides is 1. The molecule has 0 bridgehead atoms. The van der Waals surface area contributed by atoms with Crippen LogP contribution in [0.1, 0.15) is 16.2 Å². The van der Waals surface area contributed by atoms with Crippen molar-refractivity contribution < 1.29 is 9.18 Å². The zero-order chi connectivity index (χ0) is 20.9. The summed E-state index contributed by atoms with van der Waals surface area (Å²) >= 11 is 7.23. The van der Waals surface area contributed by atoms with Crippen molar-refractivity contribution in [3.05, 3.63) is 89.2 Å². The molecule has 4 aromatic rings. The fourth-order valence-corrected chi connectivity index (χ4v) is 3.54. The molecule has 150 valence electrons. The summed E-state index contributed by atoms with van der Waals surface area (Å²) in [6, 6.07) is 14.2. The minimum Gasteiger partial charge on any atom is -0.321 e. The van der Waals surface area contributed by atoms with E-state index in [0.717, 1.165) is 0 Å². The van der Waals surface area contributed by atoms with Gasteiger partial charge in [0.2, 0.25) is 0 Å². The van der Waals surface area contributed by atoms with Gasteiger partial charge in [0.15, 0.2) is 10.9 Å². The largest absolute Gasteiger partial charge is 0.321 e. The molecule has 2 aromatic heterocycles. The lowest BCUT2D eigenvalue weighted by atomic mass is 10.2. The van der Waals surface area contributed by atoms with E-state index in [1.54, 1.807) is 54.9 Å². The standard InChI is InChI=1S/C20H14ClFN6OS/c21-13-2-6-15(7-3-13)25-19(29)18-17(12-30-20-23-10-1-11-24-20)28(27-26-18)16-8-4-14(22)5-9-16/h1-11H,12H2,(H,25,29). The van der Waals surface area contributed by atoms with Crippen molar-refractivity contribution in [3.8, 4) is 5.69 Å². The molecule has 0 aliphatic heterocycles. The summed E-state index contributed by atoms with van der Waals surface area (Å²) in [5, 5.41) is 12.1. The average molecular weight is 441 g/mol. The fourth-order valence-electron chi connectivity index (χ4n) is 2.61. The van der Waals surface area contributed by atoms with Crippen molar-refractivity contribution >= 4 is 35.0 Å². The van der Waals surface area contributed by atoms with Crippen molar-refractivity contribution in [2.75, 3.05) is 5.32 Å². The van der Waals surface area contributed by atoms with Gasteiger partial charge in [-0.1, -0.05) is 28.6 Å². The summed E-state index contributed by atoms with van der Waals surface area (Å²) in [4.78, 5) is 21.2. The molecule has 0 aliphatic rings. The van der Waals surface area contributed by atoms with Crippen molar-refractivity contribution in [2.45, 2.75) is 10.9 Å². The Balaban J connectivity index is 1.65. The van der Waals surface area contributed by atoms with Crippen LogP contribution in [0.3, 0.4) is 0 Å². The second kappa shape index (κ2) is 9.02. The Kier molecular flexibility index (Phi) is 6.01. The highest BCUT2D eigenvalue weighted by molar-refractivity contribution is 7.98. The predicted molar refractivity (Wildman–Crippen MR) is 112 cm³/mol. The molecule has 2 aromatic carbocycles. The first-order chi connectivity index (χ1) is 14.6. The summed E-state index contributed by atoms with van der Waals surface area (Å²) in [6.07, 6.45) is 3.28. The third kappa shape index (κ3) is 4.64. The molecular weight excluding hydrogens is 427 g/mol. The Hall–Kier alpha value is -3.30. The van der Waals surface area contributed by atoms with Gasteiger partial charge in [-0.3, -0.25) is 4.79 Å². The van der Waals surface area contributed by atoms with Crippen molar-refractivity contribution in [2.24, 2.45) is 0 Å². The topological polar surface area (TPSA) is 85.6 Å². The molecule has 1 amide bonds. The number of hydrogen-bond acceptors (Lipinski definition) is 6. The van der Waals surface area contributed by atoms with E-state index in [1.807, 2.05) is 0 Å². The molecule has 7 nitrogen and oxygen atoms in total. The normalized spacial score (nSPS) is 10.7. The van der Waals surface area contributed by atoms with Gasteiger partial charge in [0.1, 0.15) is 5.82 Å². The molecule has 30 heavy (non-hydrogen) atoms. The van der Waals surface area contributed by atoms with E-state index < -0.39 is 5.91 Å². The molecule has 0 spiro atoms. The lowest BCUT2D eigenvalue weighted by Gasteiger charge is -2.08. The van der Waals surface area contributed by atoms with Gasteiger partial charge in [-0.25, -0.2) is 19.0 Å². The van der Waals surface area contributed by atoms with Crippen LogP contribution in [0.15, 0.2) is 72.1 Å². The number of aromatic nitrogens is 5.